The number of benzene rings is 2. The van der Waals surface area contributed by atoms with Crippen molar-refractivity contribution in [1.82, 2.24) is 14.8 Å². The van der Waals surface area contributed by atoms with E-state index in [1.165, 1.54) is 5.56 Å². The third-order valence-corrected chi connectivity index (χ3v) is 7.21. The number of likely N-dealkylation sites (tertiary alicyclic amines) is 1. The quantitative estimate of drug-likeness (QED) is 0.648. The van der Waals surface area contributed by atoms with Crippen LogP contribution in [-0.4, -0.2) is 37.6 Å². The number of hydrogen-bond acceptors (Lipinski definition) is 5. The molecule has 1 N–H and O–H groups in total. The first kappa shape index (κ1) is 20.8. The highest BCUT2D eigenvalue weighted by Crippen LogP contribution is 2.26. The van der Waals surface area contributed by atoms with Crippen molar-refractivity contribution in [2.75, 3.05) is 13.1 Å². The normalized spacial score (nSPS) is 16.1. The predicted octanol–water partition coefficient (Wildman–Crippen LogP) is 3.90. The summed E-state index contributed by atoms with van der Waals surface area (Å²) in [5.41, 5.74) is 3.46. The summed E-state index contributed by atoms with van der Waals surface area (Å²) in [7, 11) is -3.62. The lowest BCUT2D eigenvalue weighted by Crippen LogP contribution is -2.44. The minimum Gasteiger partial charge on any atom is -0.356 e. The van der Waals surface area contributed by atoms with E-state index in [1.807, 2.05) is 44.2 Å². The molecule has 30 heavy (non-hydrogen) atoms. The minimum atomic E-state index is -3.62. The van der Waals surface area contributed by atoms with E-state index >= 15 is 0 Å². The fraction of sp³-hybridized carbons (Fsp3) is 0.348. The van der Waals surface area contributed by atoms with Gasteiger partial charge in [0, 0.05) is 37.3 Å². The number of rotatable bonds is 6. The Hall–Kier alpha value is -2.48. The summed E-state index contributed by atoms with van der Waals surface area (Å²) in [6, 6.07) is 17.4. The van der Waals surface area contributed by atoms with Gasteiger partial charge in [-0.15, -0.1) is 0 Å². The predicted molar refractivity (Wildman–Crippen MR) is 116 cm³/mol. The van der Waals surface area contributed by atoms with Crippen molar-refractivity contribution in [1.29, 1.82) is 0 Å². The minimum absolute atomic E-state index is 0.0578. The monoisotopic (exact) mass is 425 g/mol. The lowest BCUT2D eigenvalue weighted by Gasteiger charge is -2.32. The SMILES string of the molecule is Cc1cc(-c2ccc(C)c(S(=O)(=O)NC3CCN(Cc4ccccc4)CC3)c2)on1. The van der Waals surface area contributed by atoms with Crippen LogP contribution < -0.4 is 4.72 Å². The molecule has 0 amide bonds. The van der Waals surface area contributed by atoms with E-state index < -0.39 is 10.0 Å². The lowest BCUT2D eigenvalue weighted by atomic mass is 10.1. The third-order valence-electron chi connectivity index (χ3n) is 5.55. The molecule has 1 saturated heterocycles. The molecule has 1 aliphatic rings. The molecule has 1 fully saturated rings. The summed E-state index contributed by atoms with van der Waals surface area (Å²) in [4.78, 5) is 2.67. The number of aryl methyl sites for hydroxylation is 2. The fourth-order valence-corrected chi connectivity index (χ4v) is 5.45. The number of nitrogens with zero attached hydrogens (tertiary/aromatic N) is 2. The van der Waals surface area contributed by atoms with Crippen molar-refractivity contribution in [3.63, 3.8) is 0 Å². The van der Waals surface area contributed by atoms with Gasteiger partial charge < -0.3 is 4.52 Å². The van der Waals surface area contributed by atoms with E-state index in [2.05, 4.69) is 26.9 Å². The molecule has 4 rings (SSSR count). The Balaban J connectivity index is 1.42. The maximum atomic E-state index is 13.1. The topological polar surface area (TPSA) is 75.4 Å². The molecule has 0 radical (unpaired) electrons. The number of nitrogens with one attached hydrogen (secondary N) is 1. The highest BCUT2D eigenvalue weighted by Gasteiger charge is 2.26. The lowest BCUT2D eigenvalue weighted by molar-refractivity contribution is 0.200. The van der Waals surface area contributed by atoms with Gasteiger partial charge in [0.1, 0.15) is 0 Å². The molecule has 6 nitrogen and oxygen atoms in total. The molecule has 158 valence electrons. The van der Waals surface area contributed by atoms with Crippen molar-refractivity contribution >= 4 is 10.0 Å². The van der Waals surface area contributed by atoms with Crippen LogP contribution in [0.25, 0.3) is 11.3 Å². The Morgan fingerprint density at radius 2 is 1.80 bits per heavy atom. The Morgan fingerprint density at radius 1 is 1.07 bits per heavy atom. The zero-order chi connectivity index (χ0) is 21.1. The molecule has 3 aromatic rings. The van der Waals surface area contributed by atoms with Crippen LogP contribution in [0, 0.1) is 13.8 Å². The molecule has 1 aliphatic heterocycles. The maximum Gasteiger partial charge on any atom is 0.241 e. The summed E-state index contributed by atoms with van der Waals surface area (Å²) < 4.78 is 34.4. The molecule has 0 unspecified atom stereocenters. The van der Waals surface area contributed by atoms with Gasteiger partial charge in [-0.25, -0.2) is 13.1 Å². The average molecular weight is 426 g/mol. The molecule has 0 atom stereocenters. The van der Waals surface area contributed by atoms with E-state index in [0.29, 0.717) is 21.8 Å². The Morgan fingerprint density at radius 3 is 2.47 bits per heavy atom. The van der Waals surface area contributed by atoms with Gasteiger partial charge >= 0.3 is 0 Å². The van der Waals surface area contributed by atoms with E-state index in [-0.39, 0.29) is 6.04 Å². The summed E-state index contributed by atoms with van der Waals surface area (Å²) in [5.74, 6) is 0.568. The van der Waals surface area contributed by atoms with Crippen molar-refractivity contribution in [3.8, 4) is 11.3 Å². The van der Waals surface area contributed by atoms with Crippen LogP contribution in [0.2, 0.25) is 0 Å². The van der Waals surface area contributed by atoms with Gasteiger partial charge in [0.25, 0.3) is 0 Å². The zero-order valence-corrected chi connectivity index (χ0v) is 18.2. The smallest absolute Gasteiger partial charge is 0.241 e. The van der Waals surface area contributed by atoms with Crippen LogP contribution in [0.4, 0.5) is 0 Å². The molecule has 0 spiro atoms. The van der Waals surface area contributed by atoms with Gasteiger partial charge in [-0.05, 0) is 43.9 Å². The van der Waals surface area contributed by atoms with Crippen LogP contribution >= 0.6 is 0 Å². The van der Waals surface area contributed by atoms with Crippen LogP contribution in [0.1, 0.15) is 29.7 Å². The van der Waals surface area contributed by atoms with Gasteiger partial charge in [-0.1, -0.05) is 47.6 Å². The van der Waals surface area contributed by atoms with E-state index in [4.69, 9.17) is 4.52 Å². The highest BCUT2D eigenvalue weighted by atomic mass is 32.2. The van der Waals surface area contributed by atoms with Crippen LogP contribution in [0.3, 0.4) is 0 Å². The average Bonchev–Trinajstić information content (AvgIpc) is 3.16. The van der Waals surface area contributed by atoms with Gasteiger partial charge in [-0.2, -0.15) is 0 Å². The first-order valence-corrected chi connectivity index (χ1v) is 11.7. The number of aromatic nitrogens is 1. The van der Waals surface area contributed by atoms with Gasteiger partial charge in [0.05, 0.1) is 10.6 Å². The van der Waals surface area contributed by atoms with Gasteiger partial charge in [0.2, 0.25) is 10.0 Å². The molecular weight excluding hydrogens is 398 g/mol. The third kappa shape index (κ3) is 4.80. The second-order valence-corrected chi connectivity index (χ2v) is 9.65. The molecule has 2 aromatic carbocycles. The second-order valence-electron chi connectivity index (χ2n) is 7.97. The molecule has 0 saturated carbocycles. The maximum absolute atomic E-state index is 13.1. The molecule has 2 heterocycles. The van der Waals surface area contributed by atoms with Crippen molar-refractivity contribution < 1.29 is 12.9 Å². The standard InChI is InChI=1S/C23H27N3O3S/c1-17-8-9-20(22-14-18(2)24-29-22)15-23(17)30(27,28)25-21-10-12-26(13-11-21)16-19-6-4-3-5-7-19/h3-9,14-15,21,25H,10-13,16H2,1-2H3. The summed E-state index contributed by atoms with van der Waals surface area (Å²) >= 11 is 0. The largest absolute Gasteiger partial charge is 0.356 e. The Bertz CT molecular complexity index is 1100. The molecule has 1 aromatic heterocycles. The number of sulfonamides is 1. The Labute approximate surface area is 177 Å². The summed E-state index contributed by atoms with van der Waals surface area (Å²) in [5, 5.41) is 3.89. The highest BCUT2D eigenvalue weighted by molar-refractivity contribution is 7.89. The van der Waals surface area contributed by atoms with Crippen molar-refractivity contribution in [3.05, 3.63) is 71.4 Å². The second kappa shape index (κ2) is 8.71. The summed E-state index contributed by atoms with van der Waals surface area (Å²) in [6.45, 7) is 6.30. The number of hydrogen-bond donors (Lipinski definition) is 1. The Kier molecular flexibility index (Phi) is 6.04. The van der Waals surface area contributed by atoms with E-state index in [9.17, 15) is 8.42 Å². The van der Waals surface area contributed by atoms with Crippen molar-refractivity contribution in [2.45, 2.75) is 44.2 Å². The number of piperidine rings is 1. The van der Waals surface area contributed by atoms with Crippen LogP contribution in [0.5, 0.6) is 0 Å². The van der Waals surface area contributed by atoms with Gasteiger partial charge in [0.15, 0.2) is 5.76 Å². The fourth-order valence-electron chi connectivity index (χ4n) is 3.88. The first-order valence-electron chi connectivity index (χ1n) is 10.2. The molecule has 0 aliphatic carbocycles. The zero-order valence-electron chi connectivity index (χ0n) is 17.3. The van der Waals surface area contributed by atoms with Crippen LogP contribution in [-0.2, 0) is 16.6 Å². The van der Waals surface area contributed by atoms with E-state index in [1.54, 1.807) is 12.1 Å². The summed E-state index contributed by atoms with van der Waals surface area (Å²) in [6.07, 6.45) is 1.60. The van der Waals surface area contributed by atoms with Gasteiger partial charge in [-0.3, -0.25) is 4.90 Å². The first-order chi connectivity index (χ1) is 14.4. The van der Waals surface area contributed by atoms with Crippen LogP contribution in [0.15, 0.2) is 64.0 Å². The van der Waals surface area contributed by atoms with E-state index in [0.717, 1.165) is 38.2 Å². The molecular formula is C23H27N3O3S. The molecule has 7 heteroatoms. The molecule has 0 bridgehead atoms. The van der Waals surface area contributed by atoms with Crippen molar-refractivity contribution in [2.24, 2.45) is 0 Å².